The molecule has 1 aliphatic rings. The zero-order chi connectivity index (χ0) is 25.3. The number of piperidine rings is 1. The number of carbonyl (C=O) groups is 3. The van der Waals surface area contributed by atoms with Crippen LogP contribution in [0.2, 0.25) is 0 Å². The van der Waals surface area contributed by atoms with Crippen LogP contribution in [-0.4, -0.2) is 72.0 Å². The second kappa shape index (κ2) is 13.7. The Bertz CT molecular complexity index is 689. The minimum absolute atomic E-state index is 0.0112. The smallest absolute Gasteiger partial charge is 0.333 e. The lowest BCUT2D eigenvalue weighted by molar-refractivity contribution is -0.140. The number of hydrogen-bond donors (Lipinski definition) is 1. The van der Waals surface area contributed by atoms with E-state index in [1.807, 2.05) is 27.7 Å². The van der Waals surface area contributed by atoms with Crippen molar-refractivity contribution in [2.75, 3.05) is 20.2 Å². The summed E-state index contributed by atoms with van der Waals surface area (Å²) in [4.78, 5) is 43.0. The van der Waals surface area contributed by atoms with E-state index in [2.05, 4.69) is 24.1 Å². The maximum Gasteiger partial charge on any atom is 0.333 e. The fraction of sp³-hybridized carbons (Fsp3) is 0.808. The summed E-state index contributed by atoms with van der Waals surface area (Å²) in [5.41, 5.74) is 0.481. The molecule has 4 atom stereocenters. The quantitative estimate of drug-likeness (QED) is 0.371. The fourth-order valence-corrected chi connectivity index (χ4v) is 4.47. The third kappa shape index (κ3) is 8.13. The highest BCUT2D eigenvalue weighted by molar-refractivity contribution is 5.91. The first kappa shape index (κ1) is 29.1. The summed E-state index contributed by atoms with van der Waals surface area (Å²) in [6.07, 6.45) is 5.51. The van der Waals surface area contributed by atoms with Crippen molar-refractivity contribution < 1.29 is 19.1 Å². The molecule has 1 fully saturated rings. The maximum absolute atomic E-state index is 13.7. The molecule has 0 aromatic carbocycles. The van der Waals surface area contributed by atoms with E-state index >= 15 is 0 Å². The van der Waals surface area contributed by atoms with Gasteiger partial charge >= 0.3 is 5.97 Å². The Morgan fingerprint density at radius 1 is 1.12 bits per heavy atom. The van der Waals surface area contributed by atoms with E-state index in [0.29, 0.717) is 12.2 Å². The van der Waals surface area contributed by atoms with Crippen LogP contribution in [0.15, 0.2) is 11.6 Å². The van der Waals surface area contributed by atoms with Crippen LogP contribution in [0.5, 0.6) is 0 Å². The number of carbonyl (C=O) groups excluding carboxylic acids is 3. The monoisotopic (exact) mass is 465 g/mol. The summed E-state index contributed by atoms with van der Waals surface area (Å²) >= 11 is 0. The number of rotatable bonds is 11. The van der Waals surface area contributed by atoms with Crippen LogP contribution < -0.4 is 5.32 Å². The first-order chi connectivity index (χ1) is 15.5. The molecule has 0 bridgehead atoms. The van der Waals surface area contributed by atoms with Gasteiger partial charge in [-0.25, -0.2) is 4.79 Å². The summed E-state index contributed by atoms with van der Waals surface area (Å²) in [7, 11) is 1.75. The predicted octanol–water partition coefficient (Wildman–Crippen LogP) is 3.77. The first-order valence-electron chi connectivity index (χ1n) is 12.6. The Kier molecular flexibility index (Phi) is 12.1. The van der Waals surface area contributed by atoms with Gasteiger partial charge in [0.25, 0.3) is 0 Å². The number of likely N-dealkylation sites (tertiary alicyclic amines) is 1. The molecule has 0 spiro atoms. The van der Waals surface area contributed by atoms with Crippen LogP contribution >= 0.6 is 0 Å². The van der Waals surface area contributed by atoms with Crippen LogP contribution in [0.3, 0.4) is 0 Å². The molecule has 0 radical (unpaired) electrons. The molecule has 1 aliphatic heterocycles. The largest absolute Gasteiger partial charge is 0.463 e. The Morgan fingerprint density at radius 2 is 1.76 bits per heavy atom. The molecule has 7 nitrogen and oxygen atoms in total. The van der Waals surface area contributed by atoms with Gasteiger partial charge in [0.1, 0.15) is 6.04 Å². The number of ether oxygens (including phenoxy) is 1. The van der Waals surface area contributed by atoms with Crippen LogP contribution in [0.1, 0.15) is 81.1 Å². The third-order valence-electron chi connectivity index (χ3n) is 6.78. The minimum atomic E-state index is -0.610. The maximum atomic E-state index is 13.7. The van der Waals surface area contributed by atoms with Crippen LogP contribution in [0.25, 0.3) is 0 Å². The molecule has 0 unspecified atom stereocenters. The zero-order valence-electron chi connectivity index (χ0n) is 22.3. The van der Waals surface area contributed by atoms with Gasteiger partial charge in [0.2, 0.25) is 11.8 Å². The van der Waals surface area contributed by atoms with Gasteiger partial charge in [-0.05, 0) is 58.9 Å². The van der Waals surface area contributed by atoms with E-state index in [1.165, 1.54) is 0 Å². The van der Waals surface area contributed by atoms with Crippen molar-refractivity contribution in [2.24, 2.45) is 11.8 Å². The number of likely N-dealkylation sites (N-methyl/N-ethyl adjacent to an activating group) is 1. The van der Waals surface area contributed by atoms with E-state index in [9.17, 15) is 14.4 Å². The van der Waals surface area contributed by atoms with Gasteiger partial charge in [0, 0.05) is 18.7 Å². The van der Waals surface area contributed by atoms with Crippen molar-refractivity contribution in [3.8, 4) is 0 Å². The van der Waals surface area contributed by atoms with Gasteiger partial charge in [0.05, 0.1) is 18.7 Å². The highest BCUT2D eigenvalue weighted by atomic mass is 16.5. The predicted molar refractivity (Wildman–Crippen MR) is 133 cm³/mol. The van der Waals surface area contributed by atoms with E-state index in [0.717, 1.165) is 32.2 Å². The van der Waals surface area contributed by atoms with Gasteiger partial charge in [-0.2, -0.15) is 0 Å². The average Bonchev–Trinajstić information content (AvgIpc) is 2.78. The van der Waals surface area contributed by atoms with Crippen molar-refractivity contribution in [3.05, 3.63) is 11.6 Å². The summed E-state index contributed by atoms with van der Waals surface area (Å²) in [5.74, 6) is -0.484. The molecular weight excluding hydrogens is 418 g/mol. The van der Waals surface area contributed by atoms with Crippen molar-refractivity contribution >= 4 is 17.8 Å². The number of esters is 1. The highest BCUT2D eigenvalue weighted by Gasteiger charge is 2.36. The molecule has 7 heteroatoms. The Hall–Kier alpha value is -1.89. The number of nitrogens with zero attached hydrogens (tertiary/aromatic N) is 2. The lowest BCUT2D eigenvalue weighted by Crippen LogP contribution is -2.59. The molecule has 0 saturated carbocycles. The number of hydrogen-bond acceptors (Lipinski definition) is 5. The molecule has 0 aromatic heterocycles. The lowest BCUT2D eigenvalue weighted by Gasteiger charge is -2.39. The Morgan fingerprint density at radius 3 is 2.27 bits per heavy atom. The summed E-state index contributed by atoms with van der Waals surface area (Å²) < 4.78 is 5.10. The van der Waals surface area contributed by atoms with Crippen molar-refractivity contribution in [3.63, 3.8) is 0 Å². The van der Waals surface area contributed by atoms with Crippen molar-refractivity contribution in [1.29, 1.82) is 0 Å². The van der Waals surface area contributed by atoms with E-state index in [1.54, 1.807) is 31.9 Å². The first-order valence-corrected chi connectivity index (χ1v) is 12.6. The van der Waals surface area contributed by atoms with Gasteiger partial charge < -0.3 is 15.0 Å². The molecule has 33 heavy (non-hydrogen) atoms. The SMILES string of the molecule is CCOC(=O)/C(C)=C/[C@H](C(C)C)N(C)C(=O)[C@@H](NC(=O)[C@H]1CCCCN1C(C)C)[C@@H](C)CC. The van der Waals surface area contributed by atoms with Crippen molar-refractivity contribution in [2.45, 2.75) is 105 Å². The molecule has 190 valence electrons. The van der Waals surface area contributed by atoms with E-state index < -0.39 is 6.04 Å². The third-order valence-corrected chi connectivity index (χ3v) is 6.78. The molecule has 1 saturated heterocycles. The van der Waals surface area contributed by atoms with Gasteiger partial charge in [0.15, 0.2) is 0 Å². The molecule has 0 aromatic rings. The second-order valence-corrected chi connectivity index (χ2v) is 9.97. The average molecular weight is 466 g/mol. The highest BCUT2D eigenvalue weighted by Crippen LogP contribution is 2.22. The number of nitrogens with one attached hydrogen (secondary N) is 1. The van der Waals surface area contributed by atoms with Gasteiger partial charge in [-0.3, -0.25) is 14.5 Å². The van der Waals surface area contributed by atoms with E-state index in [-0.39, 0.29) is 47.7 Å². The van der Waals surface area contributed by atoms with Crippen LogP contribution in [0, 0.1) is 11.8 Å². The minimum Gasteiger partial charge on any atom is -0.463 e. The molecule has 1 N–H and O–H groups in total. The normalized spacial score (nSPS) is 20.3. The van der Waals surface area contributed by atoms with Crippen LogP contribution in [-0.2, 0) is 19.1 Å². The van der Waals surface area contributed by atoms with Crippen molar-refractivity contribution in [1.82, 2.24) is 15.1 Å². The summed E-state index contributed by atoms with van der Waals surface area (Å²) in [6.45, 7) is 17.0. The van der Waals surface area contributed by atoms with Crippen LogP contribution in [0.4, 0.5) is 0 Å². The lowest BCUT2D eigenvalue weighted by atomic mass is 9.93. The summed E-state index contributed by atoms with van der Waals surface area (Å²) in [5, 5.41) is 3.11. The van der Waals surface area contributed by atoms with Gasteiger partial charge in [-0.15, -0.1) is 0 Å². The molecule has 2 amide bonds. The molecule has 1 rings (SSSR count). The Labute approximate surface area is 201 Å². The molecule has 1 heterocycles. The fourth-order valence-electron chi connectivity index (χ4n) is 4.47. The standard InChI is InChI=1S/C26H47N3O4/c1-10-19(7)23(27-24(30)21-14-12-13-15-29(21)18(5)6)25(31)28(9)22(17(3)4)16-20(8)26(32)33-11-2/h16-19,21-23H,10-15H2,1-9H3,(H,27,30)/b20-16+/t19-,21+,22+,23-/m0/s1. The summed E-state index contributed by atoms with van der Waals surface area (Å²) in [6, 6.07) is -0.814. The van der Waals surface area contributed by atoms with Gasteiger partial charge in [-0.1, -0.05) is 46.6 Å². The molecule has 0 aliphatic carbocycles. The number of amides is 2. The molecular formula is C26H47N3O4. The Balaban J connectivity index is 3.12. The van der Waals surface area contributed by atoms with E-state index in [4.69, 9.17) is 4.74 Å². The second-order valence-electron chi connectivity index (χ2n) is 9.97. The topological polar surface area (TPSA) is 79.0 Å². The zero-order valence-corrected chi connectivity index (χ0v) is 22.3.